The van der Waals surface area contributed by atoms with Crippen molar-refractivity contribution in [3.63, 3.8) is 0 Å². The zero-order chi connectivity index (χ0) is 17.1. The summed E-state index contributed by atoms with van der Waals surface area (Å²) in [6, 6.07) is 8.20. The lowest BCUT2D eigenvalue weighted by molar-refractivity contribution is 0.0341. The van der Waals surface area contributed by atoms with E-state index in [1.165, 1.54) is 12.0 Å². The maximum atomic E-state index is 12.9. The highest BCUT2D eigenvalue weighted by molar-refractivity contribution is 5.94. The number of halogens is 2. The summed E-state index contributed by atoms with van der Waals surface area (Å²) in [4.78, 5) is 17.4. The molecule has 3 fully saturated rings. The van der Waals surface area contributed by atoms with Crippen LogP contribution in [0.5, 0.6) is 0 Å². The monoisotopic (exact) mass is 415 g/mol. The summed E-state index contributed by atoms with van der Waals surface area (Å²) in [6.07, 6.45) is 3.54. The van der Waals surface area contributed by atoms with Crippen LogP contribution >= 0.6 is 24.8 Å². The number of morpholine rings is 1. The summed E-state index contributed by atoms with van der Waals surface area (Å²) in [5, 5.41) is 3.49. The predicted molar refractivity (Wildman–Crippen MR) is 112 cm³/mol. The highest BCUT2D eigenvalue weighted by Crippen LogP contribution is 2.37. The molecule has 152 valence electrons. The molecule has 27 heavy (non-hydrogen) atoms. The van der Waals surface area contributed by atoms with Crippen LogP contribution in [0, 0.1) is 5.41 Å². The zero-order valence-electron chi connectivity index (χ0n) is 15.8. The molecule has 0 atom stereocenters. The summed E-state index contributed by atoms with van der Waals surface area (Å²) >= 11 is 0. The second-order valence-electron chi connectivity index (χ2n) is 7.81. The molecule has 1 amide bonds. The summed E-state index contributed by atoms with van der Waals surface area (Å²) in [5.41, 5.74) is 2.52. The van der Waals surface area contributed by atoms with E-state index in [4.69, 9.17) is 4.74 Å². The van der Waals surface area contributed by atoms with Crippen LogP contribution in [0.25, 0.3) is 0 Å². The number of amides is 1. The average Bonchev–Trinajstić information content (AvgIpc) is 3.11. The van der Waals surface area contributed by atoms with Gasteiger partial charge in [0, 0.05) is 44.8 Å². The summed E-state index contributed by atoms with van der Waals surface area (Å²) < 4.78 is 5.41. The molecule has 0 aromatic heterocycles. The predicted octanol–water partition coefficient (Wildman–Crippen LogP) is 2.58. The van der Waals surface area contributed by atoms with E-state index in [0.717, 1.165) is 77.4 Å². The molecule has 3 saturated heterocycles. The van der Waals surface area contributed by atoms with Crippen LogP contribution in [0.4, 0.5) is 0 Å². The van der Waals surface area contributed by atoms with Gasteiger partial charge in [0.2, 0.25) is 0 Å². The van der Waals surface area contributed by atoms with Gasteiger partial charge in [-0.15, -0.1) is 24.8 Å². The topological polar surface area (TPSA) is 44.8 Å². The van der Waals surface area contributed by atoms with Crippen molar-refractivity contribution < 1.29 is 9.53 Å². The number of nitrogens with one attached hydrogen (secondary N) is 1. The Balaban J connectivity index is 0.00000131. The Morgan fingerprint density at radius 3 is 2.48 bits per heavy atom. The van der Waals surface area contributed by atoms with Gasteiger partial charge in [0.15, 0.2) is 0 Å². The van der Waals surface area contributed by atoms with Crippen LogP contribution in [0.1, 0.15) is 35.2 Å². The van der Waals surface area contributed by atoms with Crippen molar-refractivity contribution in [1.29, 1.82) is 0 Å². The molecule has 1 spiro atoms. The van der Waals surface area contributed by atoms with Gasteiger partial charge in [-0.3, -0.25) is 9.69 Å². The van der Waals surface area contributed by atoms with Gasteiger partial charge in [0.1, 0.15) is 0 Å². The van der Waals surface area contributed by atoms with Crippen molar-refractivity contribution in [3.05, 3.63) is 35.4 Å². The summed E-state index contributed by atoms with van der Waals surface area (Å²) in [5.74, 6) is 0.199. The van der Waals surface area contributed by atoms with Crippen LogP contribution in [0.3, 0.4) is 0 Å². The standard InChI is InChI=1S/C20H29N3O2.2ClH/c24-19(23-8-5-20(6-9-23)4-7-21-16-20)18-3-1-2-17(14-18)15-22-10-12-25-13-11-22;;/h1-3,14,21H,4-13,15-16H2;2*1H. The Labute approximate surface area is 174 Å². The first-order valence-corrected chi connectivity index (χ1v) is 9.63. The van der Waals surface area contributed by atoms with Gasteiger partial charge in [0.25, 0.3) is 5.91 Å². The lowest BCUT2D eigenvalue weighted by atomic mass is 9.78. The Kier molecular flexibility index (Phi) is 8.38. The molecule has 0 aliphatic carbocycles. The van der Waals surface area contributed by atoms with E-state index >= 15 is 0 Å². The largest absolute Gasteiger partial charge is 0.379 e. The lowest BCUT2D eigenvalue weighted by Crippen LogP contribution is -2.44. The number of nitrogens with zero attached hydrogens (tertiary/aromatic N) is 2. The Morgan fingerprint density at radius 2 is 1.81 bits per heavy atom. The van der Waals surface area contributed by atoms with Gasteiger partial charge in [-0.25, -0.2) is 0 Å². The van der Waals surface area contributed by atoms with Gasteiger partial charge < -0.3 is 15.0 Å². The molecule has 0 unspecified atom stereocenters. The molecule has 0 bridgehead atoms. The van der Waals surface area contributed by atoms with Gasteiger partial charge >= 0.3 is 0 Å². The average molecular weight is 416 g/mol. The van der Waals surface area contributed by atoms with Crippen molar-refractivity contribution in [2.45, 2.75) is 25.8 Å². The molecule has 3 aliphatic rings. The minimum Gasteiger partial charge on any atom is -0.379 e. The van der Waals surface area contributed by atoms with E-state index in [2.05, 4.69) is 27.2 Å². The second-order valence-corrected chi connectivity index (χ2v) is 7.81. The molecule has 7 heteroatoms. The smallest absolute Gasteiger partial charge is 0.253 e. The van der Waals surface area contributed by atoms with E-state index in [9.17, 15) is 4.79 Å². The number of likely N-dealkylation sites (tertiary alicyclic amines) is 1. The molecule has 0 saturated carbocycles. The number of piperidine rings is 1. The van der Waals surface area contributed by atoms with Crippen LogP contribution in [0.2, 0.25) is 0 Å². The van der Waals surface area contributed by atoms with E-state index in [0.29, 0.717) is 5.41 Å². The van der Waals surface area contributed by atoms with E-state index in [-0.39, 0.29) is 30.7 Å². The van der Waals surface area contributed by atoms with E-state index in [1.54, 1.807) is 0 Å². The summed E-state index contributed by atoms with van der Waals surface area (Å²) in [6.45, 7) is 8.52. The number of carbonyl (C=O) groups is 1. The first-order chi connectivity index (χ1) is 12.2. The fourth-order valence-corrected chi connectivity index (χ4v) is 4.41. The van der Waals surface area contributed by atoms with Gasteiger partial charge in [-0.05, 0) is 48.9 Å². The molecule has 1 aromatic rings. The third-order valence-electron chi connectivity index (χ3n) is 6.13. The number of rotatable bonds is 3. The van der Waals surface area contributed by atoms with Gasteiger partial charge in [-0.2, -0.15) is 0 Å². The van der Waals surface area contributed by atoms with Crippen molar-refractivity contribution in [2.24, 2.45) is 5.41 Å². The third kappa shape index (κ3) is 5.36. The fourth-order valence-electron chi connectivity index (χ4n) is 4.41. The quantitative estimate of drug-likeness (QED) is 0.823. The minimum atomic E-state index is 0. The van der Waals surface area contributed by atoms with Crippen molar-refractivity contribution in [2.75, 3.05) is 52.5 Å². The van der Waals surface area contributed by atoms with E-state index < -0.39 is 0 Å². The highest BCUT2D eigenvalue weighted by atomic mass is 35.5. The minimum absolute atomic E-state index is 0. The van der Waals surface area contributed by atoms with Gasteiger partial charge in [0.05, 0.1) is 13.2 Å². The van der Waals surface area contributed by atoms with Crippen molar-refractivity contribution in [1.82, 2.24) is 15.1 Å². The van der Waals surface area contributed by atoms with E-state index in [1.807, 2.05) is 12.1 Å². The first-order valence-electron chi connectivity index (χ1n) is 9.63. The molecule has 3 aliphatic heterocycles. The Hall–Kier alpha value is -0.850. The molecule has 3 heterocycles. The maximum Gasteiger partial charge on any atom is 0.253 e. The molecule has 5 nitrogen and oxygen atoms in total. The maximum absolute atomic E-state index is 12.9. The van der Waals surface area contributed by atoms with Crippen LogP contribution in [0.15, 0.2) is 24.3 Å². The third-order valence-corrected chi connectivity index (χ3v) is 6.13. The number of ether oxygens (including phenoxy) is 1. The number of benzene rings is 1. The van der Waals surface area contributed by atoms with Crippen molar-refractivity contribution >= 4 is 30.7 Å². The molecule has 1 N–H and O–H groups in total. The molecule has 0 radical (unpaired) electrons. The number of carbonyl (C=O) groups excluding carboxylic acids is 1. The van der Waals surface area contributed by atoms with Crippen LogP contribution < -0.4 is 5.32 Å². The van der Waals surface area contributed by atoms with Crippen LogP contribution in [-0.4, -0.2) is 68.2 Å². The number of hydrogen-bond donors (Lipinski definition) is 1. The fraction of sp³-hybridized carbons (Fsp3) is 0.650. The molecular weight excluding hydrogens is 385 g/mol. The lowest BCUT2D eigenvalue weighted by Gasteiger charge is -2.39. The molecule has 4 rings (SSSR count). The molecule has 1 aromatic carbocycles. The van der Waals surface area contributed by atoms with Crippen molar-refractivity contribution in [3.8, 4) is 0 Å². The Morgan fingerprint density at radius 1 is 1.07 bits per heavy atom. The zero-order valence-corrected chi connectivity index (χ0v) is 17.5. The van der Waals surface area contributed by atoms with Crippen LogP contribution in [-0.2, 0) is 11.3 Å². The first kappa shape index (κ1) is 22.4. The van der Waals surface area contributed by atoms with Gasteiger partial charge in [-0.1, -0.05) is 12.1 Å². The SMILES string of the molecule is Cl.Cl.O=C(c1cccc(CN2CCOCC2)c1)N1CCC2(CCNC2)CC1. The number of hydrogen-bond acceptors (Lipinski definition) is 4. The molecular formula is C20H31Cl2N3O2. The normalized spacial score (nSPS) is 22.1. The summed E-state index contributed by atoms with van der Waals surface area (Å²) in [7, 11) is 0. The Bertz CT molecular complexity index is 607. The second kappa shape index (κ2) is 10.1. The highest BCUT2D eigenvalue weighted by Gasteiger charge is 2.38.